The number of hydrogen-bond donors (Lipinski definition) is 2. The Hall–Kier alpha value is -2.69. The van der Waals surface area contributed by atoms with Gasteiger partial charge < -0.3 is 10.1 Å². The molecule has 0 atom stereocenters. The summed E-state index contributed by atoms with van der Waals surface area (Å²) < 4.78 is 13.7. The summed E-state index contributed by atoms with van der Waals surface area (Å²) in [6.45, 7) is 0. The molecule has 5 heteroatoms. The zero-order chi connectivity index (χ0) is 13.4. The molecule has 1 aromatic carbocycles. The van der Waals surface area contributed by atoms with Crippen molar-refractivity contribution in [3.63, 3.8) is 0 Å². The van der Waals surface area contributed by atoms with E-state index in [9.17, 15) is 9.18 Å². The van der Waals surface area contributed by atoms with Crippen LogP contribution in [0.2, 0.25) is 0 Å². The van der Waals surface area contributed by atoms with Crippen LogP contribution in [0.3, 0.4) is 0 Å². The lowest BCUT2D eigenvalue weighted by molar-refractivity contribution is 0.0691. The molecule has 0 aliphatic carbocycles. The Morgan fingerprint density at radius 3 is 2.79 bits per heavy atom. The van der Waals surface area contributed by atoms with Crippen molar-refractivity contribution in [2.45, 2.75) is 0 Å². The molecule has 0 amide bonds. The predicted molar refractivity (Wildman–Crippen MR) is 68.4 cm³/mol. The number of aromatic amines is 1. The summed E-state index contributed by atoms with van der Waals surface area (Å²) >= 11 is 0. The molecular weight excluding hydrogens is 247 g/mol. The molecule has 0 aliphatic rings. The number of carboxylic acid groups (broad SMARTS) is 1. The second-order valence-corrected chi connectivity index (χ2v) is 4.13. The third-order valence-electron chi connectivity index (χ3n) is 2.89. The maximum Gasteiger partial charge on any atom is 0.352 e. The molecule has 0 fully saturated rings. The van der Waals surface area contributed by atoms with Crippen molar-refractivity contribution in [1.29, 1.82) is 0 Å². The van der Waals surface area contributed by atoms with Crippen LogP contribution in [0.5, 0.6) is 0 Å². The van der Waals surface area contributed by atoms with E-state index in [-0.39, 0.29) is 11.5 Å². The fourth-order valence-electron chi connectivity index (χ4n) is 1.97. The molecule has 3 aromatic rings. The highest BCUT2D eigenvalue weighted by molar-refractivity contribution is 5.93. The average molecular weight is 256 g/mol. The Bertz CT molecular complexity index is 780. The Morgan fingerprint density at radius 2 is 2.05 bits per heavy atom. The quantitative estimate of drug-likeness (QED) is 0.740. The van der Waals surface area contributed by atoms with Crippen molar-refractivity contribution < 1.29 is 14.3 Å². The molecular formula is C14H9FN2O2. The monoisotopic (exact) mass is 256 g/mol. The molecule has 0 aliphatic heterocycles. The van der Waals surface area contributed by atoms with Crippen LogP contribution in [0.15, 0.2) is 42.6 Å². The second kappa shape index (κ2) is 4.20. The number of carbonyl (C=O) groups is 1. The topological polar surface area (TPSA) is 66.0 Å². The third-order valence-corrected chi connectivity index (χ3v) is 2.89. The molecule has 4 nitrogen and oxygen atoms in total. The molecule has 0 spiro atoms. The standard InChI is InChI=1S/C14H9FN2O2/c15-11-4-2-1-3-10(11)9-5-8-6-12(14(18)19)17-13(8)16-7-9/h1-7H,(H,16,17)(H,18,19). The van der Waals surface area contributed by atoms with Gasteiger partial charge in [0.1, 0.15) is 17.2 Å². The number of H-pyrrole nitrogens is 1. The Labute approximate surface area is 107 Å². The second-order valence-electron chi connectivity index (χ2n) is 4.13. The molecule has 0 saturated carbocycles. The number of benzene rings is 1. The number of nitrogens with zero attached hydrogens (tertiary/aromatic N) is 1. The molecule has 0 unspecified atom stereocenters. The number of carboxylic acids is 1. The summed E-state index contributed by atoms with van der Waals surface area (Å²) in [5.74, 6) is -1.39. The summed E-state index contributed by atoms with van der Waals surface area (Å²) in [6.07, 6.45) is 1.52. The first-order valence-corrected chi connectivity index (χ1v) is 5.62. The van der Waals surface area contributed by atoms with Crippen molar-refractivity contribution in [2.75, 3.05) is 0 Å². The average Bonchev–Trinajstić information content (AvgIpc) is 2.82. The van der Waals surface area contributed by atoms with Crippen LogP contribution in [0, 0.1) is 5.82 Å². The van der Waals surface area contributed by atoms with Gasteiger partial charge in [-0.15, -0.1) is 0 Å². The van der Waals surface area contributed by atoms with Gasteiger partial charge in [-0.1, -0.05) is 18.2 Å². The van der Waals surface area contributed by atoms with Gasteiger partial charge in [0.25, 0.3) is 0 Å². The smallest absolute Gasteiger partial charge is 0.352 e. The molecule has 2 N–H and O–H groups in total. The Morgan fingerprint density at radius 1 is 1.26 bits per heavy atom. The molecule has 0 radical (unpaired) electrons. The van der Waals surface area contributed by atoms with E-state index < -0.39 is 5.97 Å². The summed E-state index contributed by atoms with van der Waals surface area (Å²) in [5, 5.41) is 9.53. The van der Waals surface area contributed by atoms with Gasteiger partial charge in [-0.2, -0.15) is 0 Å². The molecule has 94 valence electrons. The number of aromatic nitrogens is 2. The van der Waals surface area contributed by atoms with Crippen LogP contribution in [-0.2, 0) is 0 Å². The van der Waals surface area contributed by atoms with Crippen molar-refractivity contribution in [3.05, 3.63) is 54.1 Å². The first-order chi connectivity index (χ1) is 9.15. The molecule has 0 bridgehead atoms. The fraction of sp³-hybridized carbons (Fsp3) is 0. The summed E-state index contributed by atoms with van der Waals surface area (Å²) in [7, 11) is 0. The van der Waals surface area contributed by atoms with Crippen LogP contribution in [0.4, 0.5) is 4.39 Å². The Kier molecular flexibility index (Phi) is 2.52. The van der Waals surface area contributed by atoms with Crippen LogP contribution >= 0.6 is 0 Å². The minimum absolute atomic E-state index is 0.0631. The van der Waals surface area contributed by atoms with E-state index in [2.05, 4.69) is 9.97 Å². The van der Waals surface area contributed by atoms with E-state index in [1.807, 2.05) is 0 Å². The van der Waals surface area contributed by atoms with Gasteiger partial charge in [0, 0.05) is 22.7 Å². The third kappa shape index (κ3) is 1.95. The molecule has 19 heavy (non-hydrogen) atoms. The number of halogens is 1. The summed E-state index contributed by atoms with van der Waals surface area (Å²) in [6, 6.07) is 9.58. The minimum atomic E-state index is -1.05. The van der Waals surface area contributed by atoms with Crippen molar-refractivity contribution in [2.24, 2.45) is 0 Å². The SMILES string of the molecule is O=C(O)c1cc2cc(-c3ccccc3F)cnc2[nH]1. The van der Waals surface area contributed by atoms with Crippen molar-refractivity contribution >= 4 is 17.0 Å². The van der Waals surface area contributed by atoms with E-state index in [0.717, 1.165) is 0 Å². The van der Waals surface area contributed by atoms with E-state index in [1.165, 1.54) is 18.3 Å². The van der Waals surface area contributed by atoms with Crippen LogP contribution in [0.1, 0.15) is 10.5 Å². The molecule has 2 aromatic heterocycles. The number of rotatable bonds is 2. The van der Waals surface area contributed by atoms with Crippen molar-refractivity contribution in [3.8, 4) is 11.1 Å². The van der Waals surface area contributed by atoms with E-state index >= 15 is 0 Å². The highest BCUT2D eigenvalue weighted by Crippen LogP contribution is 2.25. The first kappa shape index (κ1) is 11.4. The van der Waals surface area contributed by atoms with Crippen LogP contribution < -0.4 is 0 Å². The van der Waals surface area contributed by atoms with Gasteiger partial charge in [-0.05, 0) is 18.2 Å². The number of hydrogen-bond acceptors (Lipinski definition) is 2. The molecule has 0 saturated heterocycles. The van der Waals surface area contributed by atoms with Gasteiger partial charge in [0.2, 0.25) is 0 Å². The van der Waals surface area contributed by atoms with Gasteiger partial charge in [0.15, 0.2) is 0 Å². The highest BCUT2D eigenvalue weighted by Gasteiger charge is 2.10. The lowest BCUT2D eigenvalue weighted by atomic mass is 10.1. The normalized spacial score (nSPS) is 10.8. The summed E-state index contributed by atoms with van der Waals surface area (Å²) in [4.78, 5) is 17.7. The largest absolute Gasteiger partial charge is 0.477 e. The molecule has 3 rings (SSSR count). The van der Waals surface area contributed by atoms with Crippen molar-refractivity contribution in [1.82, 2.24) is 9.97 Å². The Balaban J connectivity index is 2.16. The number of fused-ring (bicyclic) bond motifs is 1. The van der Waals surface area contributed by atoms with Gasteiger partial charge >= 0.3 is 5.97 Å². The molecule has 2 heterocycles. The zero-order valence-electron chi connectivity index (χ0n) is 9.72. The van der Waals surface area contributed by atoms with Gasteiger partial charge in [-0.25, -0.2) is 14.2 Å². The fourth-order valence-corrected chi connectivity index (χ4v) is 1.97. The summed E-state index contributed by atoms with van der Waals surface area (Å²) in [5.41, 5.74) is 1.59. The highest BCUT2D eigenvalue weighted by atomic mass is 19.1. The van der Waals surface area contributed by atoms with Gasteiger partial charge in [-0.3, -0.25) is 0 Å². The maximum absolute atomic E-state index is 13.7. The van der Waals surface area contributed by atoms with E-state index in [1.54, 1.807) is 24.3 Å². The van der Waals surface area contributed by atoms with Crippen LogP contribution in [-0.4, -0.2) is 21.0 Å². The number of pyridine rings is 1. The number of nitrogens with one attached hydrogen (secondary N) is 1. The van der Waals surface area contributed by atoms with E-state index in [0.29, 0.717) is 22.2 Å². The zero-order valence-corrected chi connectivity index (χ0v) is 9.72. The maximum atomic E-state index is 13.7. The lowest BCUT2D eigenvalue weighted by Gasteiger charge is -2.02. The van der Waals surface area contributed by atoms with Crippen LogP contribution in [0.25, 0.3) is 22.2 Å². The van der Waals surface area contributed by atoms with E-state index in [4.69, 9.17) is 5.11 Å². The number of aromatic carboxylic acids is 1. The minimum Gasteiger partial charge on any atom is -0.477 e. The lowest BCUT2D eigenvalue weighted by Crippen LogP contribution is -1.94. The first-order valence-electron chi connectivity index (χ1n) is 5.62. The van der Waals surface area contributed by atoms with Gasteiger partial charge in [0.05, 0.1) is 0 Å². The predicted octanol–water partition coefficient (Wildman–Crippen LogP) is 3.07.